The second-order valence-corrected chi connectivity index (χ2v) is 8.93. The van der Waals surface area contributed by atoms with E-state index in [4.69, 9.17) is 28.4 Å². The van der Waals surface area contributed by atoms with Gasteiger partial charge in [-0.3, -0.25) is 0 Å². The van der Waals surface area contributed by atoms with E-state index in [1.165, 1.54) is 22.3 Å². The van der Waals surface area contributed by atoms with Crippen LogP contribution in [0.2, 0.25) is 0 Å². The first kappa shape index (κ1) is 38.1. The number of rotatable bonds is 6. The third-order valence-corrected chi connectivity index (χ3v) is 6.97. The number of hydrogen-bond donors (Lipinski definition) is 0. The molecule has 216 valence electrons. The fourth-order valence-corrected chi connectivity index (χ4v) is 5.06. The summed E-state index contributed by atoms with van der Waals surface area (Å²) in [6, 6.07) is 22.9. The van der Waals surface area contributed by atoms with Crippen molar-refractivity contribution in [2.75, 3.05) is 42.7 Å². The third kappa shape index (κ3) is 7.38. The molecule has 0 N–H and O–H groups in total. The zero-order valence-corrected chi connectivity index (χ0v) is 30.7. The van der Waals surface area contributed by atoms with Gasteiger partial charge in [0.15, 0.2) is 0 Å². The summed E-state index contributed by atoms with van der Waals surface area (Å²) in [7, 11) is 9.91. The molecule has 0 heterocycles. The molecule has 2 aliphatic rings. The van der Waals surface area contributed by atoms with Gasteiger partial charge in [-0.2, -0.15) is 0 Å². The molecule has 0 amide bonds. The van der Waals surface area contributed by atoms with Crippen LogP contribution >= 0.6 is 0 Å². The summed E-state index contributed by atoms with van der Waals surface area (Å²) in [6.07, 6.45) is 1.70. The van der Waals surface area contributed by atoms with Crippen LogP contribution in [0.15, 0.2) is 48.5 Å². The Morgan fingerprint density at radius 1 is 0.476 bits per heavy atom. The van der Waals surface area contributed by atoms with Crippen molar-refractivity contribution in [2.24, 2.45) is 0 Å². The van der Waals surface area contributed by atoms with Crippen molar-refractivity contribution in [3.8, 4) is 56.8 Å². The van der Waals surface area contributed by atoms with Crippen molar-refractivity contribution < 1.29 is 106 Å². The van der Waals surface area contributed by atoms with E-state index in [9.17, 15) is 0 Å². The van der Waals surface area contributed by atoms with Gasteiger partial charge in [-0.1, -0.05) is 23.3 Å². The molecular formula is C32H30Cl2O6Zr2. The van der Waals surface area contributed by atoms with Crippen LogP contribution < -0.4 is 53.2 Å². The number of halogens is 2. The molecule has 0 fully saturated rings. The molecule has 42 heavy (non-hydrogen) atoms. The van der Waals surface area contributed by atoms with Gasteiger partial charge in [0, 0.05) is 23.0 Å². The predicted octanol–water partition coefficient (Wildman–Crippen LogP) is 0.171. The van der Waals surface area contributed by atoms with E-state index >= 15 is 0 Å². The maximum atomic E-state index is 5.34. The largest absolute Gasteiger partial charge is 2.00 e. The molecule has 10 heteroatoms. The van der Waals surface area contributed by atoms with Crippen molar-refractivity contribution in [3.05, 3.63) is 82.9 Å². The van der Waals surface area contributed by atoms with Crippen molar-refractivity contribution in [1.29, 1.82) is 0 Å². The number of benzene rings is 4. The molecule has 0 aromatic heterocycles. The first-order chi connectivity index (χ1) is 18.5. The van der Waals surface area contributed by atoms with Crippen LogP contribution in [-0.4, -0.2) is 42.7 Å². The molecular weight excluding hydrogens is 734 g/mol. The van der Waals surface area contributed by atoms with Crippen LogP contribution in [0.1, 0.15) is 22.3 Å². The summed E-state index contributed by atoms with van der Waals surface area (Å²) >= 11 is 0. The van der Waals surface area contributed by atoms with Gasteiger partial charge < -0.3 is 53.2 Å². The molecule has 0 spiro atoms. The summed E-state index contributed by atoms with van der Waals surface area (Å²) in [5, 5.41) is 0. The van der Waals surface area contributed by atoms with Crippen LogP contribution in [0, 0.1) is 12.1 Å². The van der Waals surface area contributed by atoms with E-state index in [0.29, 0.717) is 23.0 Å². The van der Waals surface area contributed by atoms with E-state index in [0.717, 1.165) is 46.6 Å². The minimum Gasteiger partial charge on any atom is -1.00 e. The summed E-state index contributed by atoms with van der Waals surface area (Å²) in [6.45, 7) is 0. The molecule has 2 aliphatic carbocycles. The number of fused-ring (bicyclic) bond motifs is 6. The van der Waals surface area contributed by atoms with Gasteiger partial charge >= 0.3 is 52.4 Å². The summed E-state index contributed by atoms with van der Waals surface area (Å²) in [4.78, 5) is 0. The first-order valence-electron chi connectivity index (χ1n) is 12.2. The smallest absolute Gasteiger partial charge is 1.00 e. The topological polar surface area (TPSA) is 55.4 Å². The zero-order valence-electron chi connectivity index (χ0n) is 24.2. The summed E-state index contributed by atoms with van der Waals surface area (Å²) in [5.74, 6) is 4.49. The molecule has 6 nitrogen and oxygen atoms in total. The number of hydrogen-bond acceptors (Lipinski definition) is 6. The van der Waals surface area contributed by atoms with Gasteiger partial charge in [-0.25, -0.2) is 0 Å². The standard InChI is InChI=1S/2C16H15O3.2ClH.2Zr/c2*1-17-12-4-5-13-10(7-12)6-11-8-15(18-2)16(19-3)9-14(11)13;;;;/h2*4-5,7,9H,6H2,1-3H3;2*1H;;/q2*-1;;;2*+2/p-2. The molecule has 0 radical (unpaired) electrons. The van der Waals surface area contributed by atoms with Gasteiger partial charge in [0.2, 0.25) is 0 Å². The molecule has 0 saturated carbocycles. The summed E-state index contributed by atoms with van der Waals surface area (Å²) in [5.41, 5.74) is 9.54. The van der Waals surface area contributed by atoms with Crippen molar-refractivity contribution >= 4 is 0 Å². The second-order valence-electron chi connectivity index (χ2n) is 8.93. The Bertz CT molecular complexity index is 1400. The van der Waals surface area contributed by atoms with Crippen molar-refractivity contribution in [1.82, 2.24) is 0 Å². The van der Waals surface area contributed by atoms with Gasteiger partial charge in [0.05, 0.1) is 42.7 Å². The van der Waals surface area contributed by atoms with E-state index in [1.807, 2.05) is 24.3 Å². The van der Waals surface area contributed by atoms with E-state index in [1.54, 1.807) is 42.7 Å². The van der Waals surface area contributed by atoms with Crippen molar-refractivity contribution in [3.63, 3.8) is 0 Å². The van der Waals surface area contributed by atoms with Crippen LogP contribution in [0.4, 0.5) is 0 Å². The summed E-state index contributed by atoms with van der Waals surface area (Å²) < 4.78 is 31.8. The molecule has 0 saturated heterocycles. The van der Waals surface area contributed by atoms with Crippen LogP contribution in [0.25, 0.3) is 22.3 Å². The first-order valence-corrected chi connectivity index (χ1v) is 12.2. The molecule has 0 bridgehead atoms. The Morgan fingerprint density at radius 2 is 0.857 bits per heavy atom. The maximum absolute atomic E-state index is 5.34. The van der Waals surface area contributed by atoms with E-state index < -0.39 is 0 Å². The Kier molecular flexibility index (Phi) is 15.2. The maximum Gasteiger partial charge on any atom is 2.00 e. The third-order valence-electron chi connectivity index (χ3n) is 6.97. The van der Waals surface area contributed by atoms with E-state index in [2.05, 4.69) is 36.4 Å². The fourth-order valence-electron chi connectivity index (χ4n) is 5.06. The molecule has 0 unspecified atom stereocenters. The Hall–Kier alpha value is -1.97. The molecule has 0 aliphatic heterocycles. The fraction of sp³-hybridized carbons (Fsp3) is 0.250. The second kappa shape index (κ2) is 16.8. The molecule has 4 aromatic rings. The minimum atomic E-state index is 0. The molecule has 4 aromatic carbocycles. The van der Waals surface area contributed by atoms with Crippen LogP contribution in [0.3, 0.4) is 0 Å². The monoisotopic (exact) mass is 760 g/mol. The van der Waals surface area contributed by atoms with E-state index in [-0.39, 0.29) is 77.2 Å². The van der Waals surface area contributed by atoms with Gasteiger partial charge in [-0.05, 0) is 48.2 Å². The number of methoxy groups -OCH3 is 6. The van der Waals surface area contributed by atoms with Gasteiger partial charge in [0.1, 0.15) is 11.5 Å². The number of ether oxygens (including phenoxy) is 6. The predicted molar refractivity (Wildman–Crippen MR) is 146 cm³/mol. The molecule has 6 rings (SSSR count). The van der Waals surface area contributed by atoms with Crippen LogP contribution in [-0.2, 0) is 65.2 Å². The minimum absolute atomic E-state index is 0. The van der Waals surface area contributed by atoms with Crippen LogP contribution in [0.5, 0.6) is 34.5 Å². The van der Waals surface area contributed by atoms with Crippen molar-refractivity contribution in [2.45, 2.75) is 12.8 Å². The van der Waals surface area contributed by atoms with Gasteiger partial charge in [0.25, 0.3) is 0 Å². The average molecular weight is 764 g/mol. The average Bonchev–Trinajstić information content (AvgIpc) is 3.51. The Balaban J connectivity index is 0.000000383. The normalized spacial score (nSPS) is 10.6. The SMILES string of the molecule is COc1ccc2c(c1)Cc1[c-]c(OC)c(OC)cc1-2.COc1ccc2c(c1)Cc1[c-]c(OC)c(OC)cc1-2.[Cl-].[Cl-].[Zr+2].[Zr+2]. The molecule has 0 atom stereocenters. The Labute approximate surface area is 298 Å². The zero-order chi connectivity index (χ0) is 26.8. The Morgan fingerprint density at radius 3 is 1.17 bits per heavy atom. The van der Waals surface area contributed by atoms with Gasteiger partial charge in [-0.15, -0.1) is 46.5 Å². The quantitative estimate of drug-likeness (QED) is 0.226.